The molecule has 0 saturated carbocycles. The Morgan fingerprint density at radius 1 is 1.17 bits per heavy atom. The van der Waals surface area contributed by atoms with E-state index < -0.39 is 0 Å². The van der Waals surface area contributed by atoms with Crippen LogP contribution in [0.2, 0.25) is 0 Å². The molecule has 0 aliphatic rings. The van der Waals surface area contributed by atoms with Gasteiger partial charge in [0.2, 0.25) is 0 Å². The van der Waals surface area contributed by atoms with Crippen molar-refractivity contribution in [2.45, 2.75) is 52.9 Å². The second-order valence-electron chi connectivity index (χ2n) is 6.85. The third-order valence-corrected chi connectivity index (χ3v) is 3.62. The molecule has 0 saturated heterocycles. The summed E-state index contributed by atoms with van der Waals surface area (Å²) in [5.74, 6) is 0.852. The quantitative estimate of drug-likeness (QED) is 0.730. The Bertz CT molecular complexity index is 475. The van der Waals surface area contributed by atoms with Crippen molar-refractivity contribution < 1.29 is 9.53 Å². The van der Waals surface area contributed by atoms with Gasteiger partial charge >= 0.3 is 6.03 Å². The van der Waals surface area contributed by atoms with Gasteiger partial charge in [0.15, 0.2) is 0 Å². The topological polar surface area (TPSA) is 41.6 Å². The van der Waals surface area contributed by atoms with Gasteiger partial charge in [-0.1, -0.05) is 46.8 Å². The van der Waals surface area contributed by atoms with Crippen LogP contribution < -0.4 is 10.1 Å². The number of hydrogen-bond donors (Lipinski definition) is 1. The van der Waals surface area contributed by atoms with E-state index in [1.807, 2.05) is 17.0 Å². The first-order valence-corrected chi connectivity index (χ1v) is 8.64. The molecule has 23 heavy (non-hydrogen) atoms. The second kappa shape index (κ2) is 9.43. The lowest BCUT2D eigenvalue weighted by Gasteiger charge is -2.22. The minimum absolute atomic E-state index is 0.000687. The predicted octanol–water partition coefficient (Wildman–Crippen LogP) is 4.19. The smallest absolute Gasteiger partial charge is 0.317 e. The van der Waals surface area contributed by atoms with E-state index >= 15 is 0 Å². The van der Waals surface area contributed by atoms with Crippen LogP contribution in [0.4, 0.5) is 4.79 Å². The van der Waals surface area contributed by atoms with Gasteiger partial charge in [-0.05, 0) is 36.0 Å². The molecule has 130 valence electrons. The Kier molecular flexibility index (Phi) is 7.93. The van der Waals surface area contributed by atoms with Gasteiger partial charge in [0.05, 0.1) is 6.54 Å². The molecule has 1 rings (SSSR count). The summed E-state index contributed by atoms with van der Waals surface area (Å²) in [6, 6.07) is 8.15. The van der Waals surface area contributed by atoms with Gasteiger partial charge in [0, 0.05) is 13.1 Å². The number of nitrogens with one attached hydrogen (secondary N) is 1. The van der Waals surface area contributed by atoms with Gasteiger partial charge in [-0.3, -0.25) is 0 Å². The molecule has 4 nitrogen and oxygen atoms in total. The molecule has 1 N–H and O–H groups in total. The first-order chi connectivity index (χ1) is 10.9. The van der Waals surface area contributed by atoms with Crippen LogP contribution in [0.5, 0.6) is 5.75 Å². The maximum atomic E-state index is 12.1. The highest BCUT2D eigenvalue weighted by molar-refractivity contribution is 5.74. The third-order valence-electron chi connectivity index (χ3n) is 3.62. The molecule has 1 aromatic carbocycles. The molecule has 0 spiro atoms. The molecule has 2 amide bonds. The number of amides is 2. The molecule has 0 heterocycles. The van der Waals surface area contributed by atoms with E-state index in [9.17, 15) is 4.79 Å². The number of nitrogens with zero attached hydrogens (tertiary/aromatic N) is 1. The summed E-state index contributed by atoms with van der Waals surface area (Å²) in [5.41, 5.74) is 1.35. The van der Waals surface area contributed by atoms with Crippen LogP contribution in [0.1, 0.15) is 53.0 Å². The van der Waals surface area contributed by atoms with E-state index in [-0.39, 0.29) is 11.4 Å². The predicted molar refractivity (Wildman–Crippen MR) is 96.2 cm³/mol. The van der Waals surface area contributed by atoms with Crippen LogP contribution in [0.3, 0.4) is 0 Å². The summed E-state index contributed by atoms with van der Waals surface area (Å²) >= 11 is 0. The molecule has 1 aromatic rings. The van der Waals surface area contributed by atoms with Gasteiger partial charge in [0.25, 0.3) is 0 Å². The highest BCUT2D eigenvalue weighted by Gasteiger charge is 2.14. The van der Waals surface area contributed by atoms with E-state index in [0.29, 0.717) is 13.2 Å². The summed E-state index contributed by atoms with van der Waals surface area (Å²) in [6.07, 6.45) is 1.95. The van der Waals surface area contributed by atoms with E-state index in [1.54, 1.807) is 0 Å². The van der Waals surface area contributed by atoms with Crippen molar-refractivity contribution in [3.8, 4) is 5.75 Å². The van der Waals surface area contributed by atoms with Crippen molar-refractivity contribution in [3.63, 3.8) is 0 Å². The molecular weight excluding hydrogens is 288 g/mol. The van der Waals surface area contributed by atoms with Crippen molar-refractivity contribution >= 4 is 6.03 Å². The average molecular weight is 320 g/mol. The van der Waals surface area contributed by atoms with Gasteiger partial charge in [-0.25, -0.2) is 4.79 Å². The van der Waals surface area contributed by atoms with E-state index in [4.69, 9.17) is 4.74 Å². The van der Waals surface area contributed by atoms with E-state index in [2.05, 4.69) is 52.1 Å². The number of urea groups is 1. The summed E-state index contributed by atoms with van der Waals surface area (Å²) in [7, 11) is 0. The molecule has 0 fully saturated rings. The highest BCUT2D eigenvalue weighted by Crippen LogP contribution is 2.25. The van der Waals surface area contributed by atoms with Gasteiger partial charge in [0.1, 0.15) is 12.4 Å². The lowest BCUT2D eigenvalue weighted by Crippen LogP contribution is -2.42. The van der Waals surface area contributed by atoms with Crippen molar-refractivity contribution in [1.82, 2.24) is 10.2 Å². The van der Waals surface area contributed by atoms with Crippen molar-refractivity contribution in [1.29, 1.82) is 0 Å². The van der Waals surface area contributed by atoms with Crippen LogP contribution in [-0.4, -0.2) is 37.2 Å². The molecule has 0 bridgehead atoms. The summed E-state index contributed by atoms with van der Waals surface area (Å²) in [5, 5.41) is 2.93. The number of hydrogen-bond acceptors (Lipinski definition) is 2. The fourth-order valence-electron chi connectivity index (χ4n) is 2.35. The Morgan fingerprint density at radius 3 is 2.39 bits per heavy atom. The Hall–Kier alpha value is -1.71. The van der Waals surface area contributed by atoms with Crippen molar-refractivity contribution in [2.75, 3.05) is 26.2 Å². The summed E-state index contributed by atoms with van der Waals surface area (Å²) < 4.78 is 5.76. The van der Waals surface area contributed by atoms with Gasteiger partial charge < -0.3 is 15.0 Å². The van der Waals surface area contributed by atoms with Gasteiger partial charge in [-0.2, -0.15) is 0 Å². The number of carbonyl (C=O) groups excluding carboxylic acids is 1. The minimum atomic E-state index is 0.000687. The second-order valence-corrected chi connectivity index (χ2v) is 6.85. The average Bonchev–Trinajstić information content (AvgIpc) is 2.50. The zero-order valence-electron chi connectivity index (χ0n) is 15.3. The normalized spacial score (nSPS) is 11.2. The van der Waals surface area contributed by atoms with Crippen LogP contribution in [0.25, 0.3) is 0 Å². The molecule has 0 atom stereocenters. The van der Waals surface area contributed by atoms with E-state index in [1.165, 1.54) is 5.56 Å². The molecule has 0 aromatic heterocycles. The fourth-order valence-corrected chi connectivity index (χ4v) is 2.35. The summed E-state index contributed by atoms with van der Waals surface area (Å²) in [4.78, 5) is 13.9. The summed E-state index contributed by atoms with van der Waals surface area (Å²) in [6.45, 7) is 13.3. The standard InChI is InChI=1S/C19H32N2O2/c1-6-12-21(13-7-2)18(22)20-11-14-23-17-10-8-9-16(15-17)19(3,4)5/h8-10,15H,6-7,11-14H2,1-5H3,(H,20,22). The lowest BCUT2D eigenvalue weighted by atomic mass is 9.87. The maximum Gasteiger partial charge on any atom is 0.317 e. The molecule has 4 heteroatoms. The number of benzene rings is 1. The zero-order chi connectivity index (χ0) is 17.3. The van der Waals surface area contributed by atoms with Crippen LogP contribution in [-0.2, 0) is 5.41 Å². The molecule has 0 aliphatic heterocycles. The largest absolute Gasteiger partial charge is 0.492 e. The highest BCUT2D eigenvalue weighted by atomic mass is 16.5. The first-order valence-electron chi connectivity index (χ1n) is 8.64. The molecular formula is C19H32N2O2. The Labute approximate surface area is 141 Å². The minimum Gasteiger partial charge on any atom is -0.492 e. The molecule has 0 radical (unpaired) electrons. The molecule has 0 unspecified atom stereocenters. The van der Waals surface area contributed by atoms with Crippen LogP contribution >= 0.6 is 0 Å². The third kappa shape index (κ3) is 6.93. The maximum absolute atomic E-state index is 12.1. The lowest BCUT2D eigenvalue weighted by molar-refractivity contribution is 0.194. The van der Waals surface area contributed by atoms with Crippen LogP contribution in [0.15, 0.2) is 24.3 Å². The Balaban J connectivity index is 2.41. The first kappa shape index (κ1) is 19.3. The Morgan fingerprint density at radius 2 is 1.83 bits per heavy atom. The number of carbonyl (C=O) groups is 1. The number of rotatable bonds is 8. The molecule has 0 aliphatic carbocycles. The van der Waals surface area contributed by atoms with E-state index in [0.717, 1.165) is 31.7 Å². The van der Waals surface area contributed by atoms with Gasteiger partial charge in [-0.15, -0.1) is 0 Å². The zero-order valence-corrected chi connectivity index (χ0v) is 15.3. The SMILES string of the molecule is CCCN(CCC)C(=O)NCCOc1cccc(C(C)(C)C)c1. The van der Waals surface area contributed by atoms with Crippen molar-refractivity contribution in [3.05, 3.63) is 29.8 Å². The monoisotopic (exact) mass is 320 g/mol. The van der Waals surface area contributed by atoms with Crippen LogP contribution in [0, 0.1) is 0 Å². The fraction of sp³-hybridized carbons (Fsp3) is 0.632. The van der Waals surface area contributed by atoms with Crippen molar-refractivity contribution in [2.24, 2.45) is 0 Å². The number of ether oxygens (including phenoxy) is 1.